The van der Waals surface area contributed by atoms with Gasteiger partial charge in [-0.1, -0.05) is 38.5 Å². The Hall–Kier alpha value is -1.11. The molecule has 0 heterocycles. The number of hydrogen-bond acceptors (Lipinski definition) is 1. The second-order valence-electron chi connectivity index (χ2n) is 3.87. The van der Waals surface area contributed by atoms with Crippen LogP contribution in [0.1, 0.15) is 55.5 Å². The molecule has 1 atom stereocenters. The first-order chi connectivity index (χ1) is 6.65. The van der Waals surface area contributed by atoms with E-state index in [0.29, 0.717) is 5.92 Å². The van der Waals surface area contributed by atoms with Crippen molar-refractivity contribution in [3.8, 4) is 0 Å². The van der Waals surface area contributed by atoms with Gasteiger partial charge < -0.3 is 0 Å². The van der Waals surface area contributed by atoms with Gasteiger partial charge in [0.15, 0.2) is 5.78 Å². The Bertz CT molecular complexity index is 315. The van der Waals surface area contributed by atoms with Crippen LogP contribution in [0.5, 0.6) is 0 Å². The van der Waals surface area contributed by atoms with Crippen LogP contribution in [0.15, 0.2) is 24.3 Å². The Kier molecular flexibility index (Phi) is 3.87. The minimum atomic E-state index is 0.149. The van der Waals surface area contributed by atoms with Crippen molar-refractivity contribution in [1.29, 1.82) is 0 Å². The zero-order valence-electron chi connectivity index (χ0n) is 9.21. The van der Waals surface area contributed by atoms with E-state index in [4.69, 9.17) is 0 Å². The number of carbonyl (C=O) groups excluding carboxylic acids is 1. The van der Waals surface area contributed by atoms with Crippen LogP contribution < -0.4 is 0 Å². The SMILES string of the molecule is CCCC(C)c1cccc(C(C)=O)c1. The van der Waals surface area contributed by atoms with E-state index in [9.17, 15) is 4.79 Å². The Balaban J connectivity index is 2.87. The number of carbonyl (C=O) groups is 1. The molecule has 0 aromatic heterocycles. The van der Waals surface area contributed by atoms with E-state index in [-0.39, 0.29) is 5.78 Å². The maximum atomic E-state index is 11.2. The summed E-state index contributed by atoms with van der Waals surface area (Å²) in [6, 6.07) is 7.97. The molecule has 1 rings (SSSR count). The van der Waals surface area contributed by atoms with Gasteiger partial charge in [0.2, 0.25) is 0 Å². The van der Waals surface area contributed by atoms with Gasteiger partial charge >= 0.3 is 0 Å². The van der Waals surface area contributed by atoms with Crippen molar-refractivity contribution in [3.63, 3.8) is 0 Å². The molecule has 0 saturated carbocycles. The molecule has 76 valence electrons. The molecular weight excluding hydrogens is 172 g/mol. The smallest absolute Gasteiger partial charge is 0.159 e. The van der Waals surface area contributed by atoms with Gasteiger partial charge in [0, 0.05) is 5.56 Å². The zero-order valence-corrected chi connectivity index (χ0v) is 9.21. The van der Waals surface area contributed by atoms with Crippen molar-refractivity contribution >= 4 is 5.78 Å². The van der Waals surface area contributed by atoms with Gasteiger partial charge in [0.25, 0.3) is 0 Å². The Morgan fingerprint density at radius 3 is 2.71 bits per heavy atom. The molecule has 0 radical (unpaired) electrons. The molecule has 1 unspecified atom stereocenters. The first-order valence-electron chi connectivity index (χ1n) is 5.26. The largest absolute Gasteiger partial charge is 0.295 e. The second-order valence-corrected chi connectivity index (χ2v) is 3.87. The Morgan fingerprint density at radius 1 is 1.43 bits per heavy atom. The average Bonchev–Trinajstić information content (AvgIpc) is 2.18. The molecule has 1 nitrogen and oxygen atoms in total. The minimum Gasteiger partial charge on any atom is -0.295 e. The van der Waals surface area contributed by atoms with E-state index in [1.54, 1.807) is 6.92 Å². The fourth-order valence-electron chi connectivity index (χ4n) is 1.66. The highest BCUT2D eigenvalue weighted by atomic mass is 16.1. The molecule has 0 aliphatic heterocycles. The van der Waals surface area contributed by atoms with Crippen LogP contribution in [0, 0.1) is 0 Å². The lowest BCUT2D eigenvalue weighted by Gasteiger charge is -2.10. The average molecular weight is 190 g/mol. The maximum absolute atomic E-state index is 11.2. The highest BCUT2D eigenvalue weighted by Gasteiger charge is 2.06. The van der Waals surface area contributed by atoms with E-state index < -0.39 is 0 Å². The fourth-order valence-corrected chi connectivity index (χ4v) is 1.66. The summed E-state index contributed by atoms with van der Waals surface area (Å²) in [4.78, 5) is 11.2. The van der Waals surface area contributed by atoms with Crippen LogP contribution in [0.2, 0.25) is 0 Å². The summed E-state index contributed by atoms with van der Waals surface area (Å²) >= 11 is 0. The summed E-state index contributed by atoms with van der Waals surface area (Å²) in [6.07, 6.45) is 2.37. The van der Waals surface area contributed by atoms with E-state index >= 15 is 0 Å². The molecule has 0 saturated heterocycles. The van der Waals surface area contributed by atoms with E-state index in [0.717, 1.165) is 5.56 Å². The van der Waals surface area contributed by atoms with Crippen LogP contribution in [-0.4, -0.2) is 5.78 Å². The van der Waals surface area contributed by atoms with Crippen molar-refractivity contribution in [1.82, 2.24) is 0 Å². The van der Waals surface area contributed by atoms with Gasteiger partial charge in [0.1, 0.15) is 0 Å². The highest BCUT2D eigenvalue weighted by Crippen LogP contribution is 2.21. The Morgan fingerprint density at radius 2 is 2.14 bits per heavy atom. The summed E-state index contributed by atoms with van der Waals surface area (Å²) in [6.45, 7) is 6.01. The number of Topliss-reactive ketones (excluding diaryl/α,β-unsaturated/α-hetero) is 1. The number of rotatable bonds is 4. The first-order valence-corrected chi connectivity index (χ1v) is 5.26. The van der Waals surface area contributed by atoms with E-state index in [1.165, 1.54) is 18.4 Å². The Labute approximate surface area is 86.1 Å². The minimum absolute atomic E-state index is 0.149. The molecular formula is C13H18O. The summed E-state index contributed by atoms with van der Waals surface area (Å²) in [7, 11) is 0. The molecule has 1 heteroatoms. The summed E-state index contributed by atoms with van der Waals surface area (Å²) in [5.41, 5.74) is 2.10. The van der Waals surface area contributed by atoms with Crippen LogP contribution in [0.25, 0.3) is 0 Å². The molecule has 14 heavy (non-hydrogen) atoms. The molecule has 0 spiro atoms. The van der Waals surface area contributed by atoms with Crippen LogP contribution in [-0.2, 0) is 0 Å². The maximum Gasteiger partial charge on any atom is 0.159 e. The van der Waals surface area contributed by atoms with Gasteiger partial charge in [-0.3, -0.25) is 4.79 Å². The predicted octanol–water partition coefficient (Wildman–Crippen LogP) is 3.79. The van der Waals surface area contributed by atoms with Crippen LogP contribution >= 0.6 is 0 Å². The molecule has 1 aromatic carbocycles. The monoisotopic (exact) mass is 190 g/mol. The first kappa shape index (κ1) is 11.0. The number of benzene rings is 1. The van der Waals surface area contributed by atoms with Crippen molar-refractivity contribution in [2.45, 2.75) is 39.5 Å². The van der Waals surface area contributed by atoms with Crippen molar-refractivity contribution in [2.75, 3.05) is 0 Å². The van der Waals surface area contributed by atoms with Gasteiger partial charge in [-0.05, 0) is 30.9 Å². The van der Waals surface area contributed by atoms with Crippen LogP contribution in [0.4, 0.5) is 0 Å². The van der Waals surface area contributed by atoms with Gasteiger partial charge in [-0.25, -0.2) is 0 Å². The van der Waals surface area contributed by atoms with Crippen molar-refractivity contribution in [2.24, 2.45) is 0 Å². The van der Waals surface area contributed by atoms with Gasteiger partial charge in [-0.2, -0.15) is 0 Å². The lowest BCUT2D eigenvalue weighted by Crippen LogP contribution is -1.97. The van der Waals surface area contributed by atoms with E-state index in [2.05, 4.69) is 19.9 Å². The summed E-state index contributed by atoms with van der Waals surface area (Å²) in [5.74, 6) is 0.704. The molecule has 0 amide bonds. The highest BCUT2D eigenvalue weighted by molar-refractivity contribution is 5.94. The molecule has 0 aliphatic rings. The molecule has 0 bridgehead atoms. The number of hydrogen-bond donors (Lipinski definition) is 0. The normalized spacial score (nSPS) is 12.5. The van der Waals surface area contributed by atoms with Gasteiger partial charge in [-0.15, -0.1) is 0 Å². The standard InChI is InChI=1S/C13H18O/c1-4-6-10(2)12-7-5-8-13(9-12)11(3)14/h5,7-10H,4,6H2,1-3H3. The van der Waals surface area contributed by atoms with Crippen molar-refractivity contribution in [3.05, 3.63) is 35.4 Å². The summed E-state index contributed by atoms with van der Waals surface area (Å²) < 4.78 is 0. The van der Waals surface area contributed by atoms with Crippen LogP contribution in [0.3, 0.4) is 0 Å². The third-order valence-corrected chi connectivity index (χ3v) is 2.58. The zero-order chi connectivity index (χ0) is 10.6. The number of ketones is 1. The second kappa shape index (κ2) is 4.94. The quantitative estimate of drug-likeness (QED) is 0.660. The molecule has 1 aromatic rings. The fraction of sp³-hybridized carbons (Fsp3) is 0.462. The third-order valence-electron chi connectivity index (χ3n) is 2.58. The van der Waals surface area contributed by atoms with Crippen molar-refractivity contribution < 1.29 is 4.79 Å². The van der Waals surface area contributed by atoms with Gasteiger partial charge in [0.05, 0.1) is 0 Å². The van der Waals surface area contributed by atoms with E-state index in [1.807, 2.05) is 18.2 Å². The molecule has 0 fully saturated rings. The predicted molar refractivity (Wildman–Crippen MR) is 59.8 cm³/mol. The lowest BCUT2D eigenvalue weighted by atomic mass is 9.94. The third kappa shape index (κ3) is 2.69. The molecule has 0 N–H and O–H groups in total. The topological polar surface area (TPSA) is 17.1 Å². The summed E-state index contributed by atoms with van der Waals surface area (Å²) in [5, 5.41) is 0. The molecule has 0 aliphatic carbocycles. The lowest BCUT2D eigenvalue weighted by molar-refractivity contribution is 0.101.